The summed E-state index contributed by atoms with van der Waals surface area (Å²) in [4.78, 5) is 25.1. The topological polar surface area (TPSA) is 93.9 Å². The van der Waals surface area contributed by atoms with Gasteiger partial charge < -0.3 is 20.5 Å². The molecule has 1 saturated heterocycles. The normalized spacial score (nSPS) is 24.8. The molecule has 20 heavy (non-hydrogen) atoms. The van der Waals surface area contributed by atoms with Crippen LogP contribution in [0.3, 0.4) is 0 Å². The maximum absolute atomic E-state index is 12.3. The van der Waals surface area contributed by atoms with Crippen molar-refractivity contribution in [3.8, 4) is 11.5 Å². The first-order chi connectivity index (χ1) is 9.58. The lowest BCUT2D eigenvalue weighted by Crippen LogP contribution is -2.50. The predicted octanol–water partition coefficient (Wildman–Crippen LogP) is -0.207. The van der Waals surface area contributed by atoms with Crippen molar-refractivity contribution in [1.82, 2.24) is 10.2 Å². The number of hydrogen-bond donors (Lipinski definition) is 2. The zero-order valence-corrected chi connectivity index (χ0v) is 11.0. The van der Waals surface area contributed by atoms with Crippen molar-refractivity contribution in [2.45, 2.75) is 5.54 Å². The average molecular weight is 277 g/mol. The van der Waals surface area contributed by atoms with Gasteiger partial charge in [-0.05, 0) is 17.7 Å². The second-order valence-corrected chi connectivity index (χ2v) is 4.76. The summed E-state index contributed by atoms with van der Waals surface area (Å²) in [6, 6.07) is 4.67. The van der Waals surface area contributed by atoms with Gasteiger partial charge in [-0.15, -0.1) is 0 Å². The summed E-state index contributed by atoms with van der Waals surface area (Å²) >= 11 is 0. The van der Waals surface area contributed by atoms with E-state index in [1.165, 1.54) is 7.05 Å². The minimum Gasteiger partial charge on any atom is -0.486 e. The fraction of sp³-hybridized carbons (Fsp3) is 0.385. The predicted molar refractivity (Wildman–Crippen MR) is 69.5 cm³/mol. The Morgan fingerprint density at radius 2 is 2.00 bits per heavy atom. The highest BCUT2D eigenvalue weighted by Gasteiger charge is 2.50. The molecule has 1 aromatic rings. The van der Waals surface area contributed by atoms with E-state index in [1.54, 1.807) is 18.2 Å². The number of nitrogens with two attached hydrogens (primary N) is 1. The summed E-state index contributed by atoms with van der Waals surface area (Å²) in [5.74, 6) is 0.803. The number of benzene rings is 1. The third-order valence-corrected chi connectivity index (χ3v) is 3.64. The molecule has 0 spiro atoms. The molecule has 1 atom stereocenters. The third kappa shape index (κ3) is 1.63. The lowest BCUT2D eigenvalue weighted by Gasteiger charge is -2.27. The first kappa shape index (κ1) is 12.7. The lowest BCUT2D eigenvalue weighted by molar-refractivity contribution is -0.130. The molecule has 2 aliphatic rings. The molecule has 0 saturated carbocycles. The summed E-state index contributed by atoms with van der Waals surface area (Å²) in [6.07, 6.45) is 0. The Morgan fingerprint density at radius 3 is 2.60 bits per heavy atom. The largest absolute Gasteiger partial charge is 0.486 e. The Bertz CT molecular complexity index is 589. The zero-order chi connectivity index (χ0) is 14.3. The summed E-state index contributed by atoms with van der Waals surface area (Å²) < 4.78 is 10.9. The highest BCUT2D eigenvalue weighted by Crippen LogP contribution is 2.36. The fourth-order valence-corrected chi connectivity index (χ4v) is 2.46. The molecule has 7 nitrogen and oxygen atoms in total. The molecule has 1 fully saturated rings. The van der Waals surface area contributed by atoms with Gasteiger partial charge in [-0.1, -0.05) is 6.07 Å². The van der Waals surface area contributed by atoms with E-state index in [-0.39, 0.29) is 12.5 Å². The van der Waals surface area contributed by atoms with E-state index in [0.29, 0.717) is 30.3 Å². The Hall–Kier alpha value is -2.28. The summed E-state index contributed by atoms with van der Waals surface area (Å²) in [5, 5.41) is 2.66. The number of ether oxygens (including phenoxy) is 2. The van der Waals surface area contributed by atoms with Crippen LogP contribution in [0.1, 0.15) is 5.56 Å². The van der Waals surface area contributed by atoms with Crippen LogP contribution in [0.5, 0.6) is 11.5 Å². The monoisotopic (exact) mass is 277 g/mol. The van der Waals surface area contributed by atoms with Crippen LogP contribution < -0.4 is 20.5 Å². The van der Waals surface area contributed by atoms with E-state index >= 15 is 0 Å². The number of nitrogens with one attached hydrogen (secondary N) is 1. The van der Waals surface area contributed by atoms with Crippen LogP contribution in [0.15, 0.2) is 18.2 Å². The molecular weight excluding hydrogens is 262 g/mol. The van der Waals surface area contributed by atoms with Gasteiger partial charge in [-0.2, -0.15) is 0 Å². The zero-order valence-electron chi connectivity index (χ0n) is 11.0. The van der Waals surface area contributed by atoms with Crippen molar-refractivity contribution in [1.29, 1.82) is 0 Å². The van der Waals surface area contributed by atoms with Crippen LogP contribution in [0.25, 0.3) is 0 Å². The van der Waals surface area contributed by atoms with Crippen LogP contribution in [0.2, 0.25) is 0 Å². The summed E-state index contributed by atoms with van der Waals surface area (Å²) in [5.41, 5.74) is 5.11. The molecule has 2 heterocycles. The Kier molecular flexibility index (Phi) is 2.79. The van der Waals surface area contributed by atoms with E-state index in [9.17, 15) is 9.59 Å². The van der Waals surface area contributed by atoms with Crippen LogP contribution in [-0.2, 0) is 10.3 Å². The van der Waals surface area contributed by atoms with E-state index < -0.39 is 11.6 Å². The molecule has 0 aromatic heterocycles. The quantitative estimate of drug-likeness (QED) is 0.730. The number of fused-ring (bicyclic) bond motifs is 1. The van der Waals surface area contributed by atoms with Crippen LogP contribution in [0, 0.1) is 0 Å². The average Bonchev–Trinajstić information content (AvgIpc) is 2.71. The van der Waals surface area contributed by atoms with Gasteiger partial charge in [-0.3, -0.25) is 9.69 Å². The Balaban J connectivity index is 2.06. The fourth-order valence-electron chi connectivity index (χ4n) is 2.46. The number of amides is 3. The number of carbonyl (C=O) groups is 2. The second-order valence-electron chi connectivity index (χ2n) is 4.76. The van der Waals surface area contributed by atoms with Crippen LogP contribution in [-0.4, -0.2) is 43.6 Å². The maximum atomic E-state index is 12.3. The number of likely N-dealkylation sites (N-methyl/N-ethyl adjacent to an activating group) is 1. The standard InChI is InChI=1S/C13H15N3O4/c1-16-11(17)13(7-14,15-12(16)18)8-2-3-9-10(6-8)20-5-4-19-9/h2-3,6H,4-5,7,14H2,1H3,(H,15,18). The van der Waals surface area contributed by atoms with Gasteiger partial charge in [0.15, 0.2) is 17.0 Å². The summed E-state index contributed by atoms with van der Waals surface area (Å²) in [6.45, 7) is 0.917. The Morgan fingerprint density at radius 1 is 1.30 bits per heavy atom. The van der Waals surface area contributed by atoms with Crippen molar-refractivity contribution < 1.29 is 19.1 Å². The number of hydrogen-bond acceptors (Lipinski definition) is 5. The van der Waals surface area contributed by atoms with E-state index in [4.69, 9.17) is 15.2 Å². The van der Waals surface area contributed by atoms with Gasteiger partial charge in [0.1, 0.15) is 13.2 Å². The molecule has 3 rings (SSSR count). The molecule has 3 N–H and O–H groups in total. The van der Waals surface area contributed by atoms with Crippen molar-refractivity contribution >= 4 is 11.9 Å². The van der Waals surface area contributed by atoms with Gasteiger partial charge in [-0.25, -0.2) is 4.79 Å². The molecule has 0 aliphatic carbocycles. The molecule has 1 aromatic carbocycles. The number of imide groups is 1. The number of carbonyl (C=O) groups excluding carboxylic acids is 2. The van der Waals surface area contributed by atoms with Crippen molar-refractivity contribution in [3.63, 3.8) is 0 Å². The maximum Gasteiger partial charge on any atom is 0.325 e. The minimum atomic E-state index is -1.23. The Labute approximate surface area is 115 Å². The number of nitrogens with zero attached hydrogens (tertiary/aromatic N) is 1. The van der Waals surface area contributed by atoms with Crippen molar-refractivity contribution in [3.05, 3.63) is 23.8 Å². The highest BCUT2D eigenvalue weighted by molar-refractivity contribution is 6.07. The molecule has 0 bridgehead atoms. The molecular formula is C13H15N3O4. The summed E-state index contributed by atoms with van der Waals surface area (Å²) in [7, 11) is 1.42. The second kappa shape index (κ2) is 4.38. The van der Waals surface area contributed by atoms with E-state index in [2.05, 4.69) is 5.32 Å². The van der Waals surface area contributed by atoms with Gasteiger partial charge in [0.05, 0.1) is 0 Å². The number of urea groups is 1. The van der Waals surface area contributed by atoms with Crippen LogP contribution >= 0.6 is 0 Å². The molecule has 3 amide bonds. The molecule has 1 unspecified atom stereocenters. The van der Waals surface area contributed by atoms with Gasteiger partial charge >= 0.3 is 6.03 Å². The van der Waals surface area contributed by atoms with Gasteiger partial charge in [0.25, 0.3) is 5.91 Å². The lowest BCUT2D eigenvalue weighted by atomic mass is 9.89. The molecule has 7 heteroatoms. The molecule has 0 radical (unpaired) electrons. The third-order valence-electron chi connectivity index (χ3n) is 3.64. The van der Waals surface area contributed by atoms with Crippen LogP contribution in [0.4, 0.5) is 4.79 Å². The smallest absolute Gasteiger partial charge is 0.325 e. The van der Waals surface area contributed by atoms with E-state index in [1.807, 2.05) is 0 Å². The minimum absolute atomic E-state index is 0.0262. The van der Waals surface area contributed by atoms with E-state index in [0.717, 1.165) is 4.90 Å². The van der Waals surface area contributed by atoms with Gasteiger partial charge in [0, 0.05) is 13.6 Å². The highest BCUT2D eigenvalue weighted by atomic mass is 16.6. The number of rotatable bonds is 2. The van der Waals surface area contributed by atoms with Crippen molar-refractivity contribution in [2.75, 3.05) is 26.8 Å². The molecule has 2 aliphatic heterocycles. The van der Waals surface area contributed by atoms with Crippen molar-refractivity contribution in [2.24, 2.45) is 5.73 Å². The van der Waals surface area contributed by atoms with Gasteiger partial charge in [0.2, 0.25) is 0 Å². The first-order valence-electron chi connectivity index (χ1n) is 6.29. The molecule has 106 valence electrons. The SMILES string of the molecule is CN1C(=O)NC(CN)(c2ccc3c(c2)OCCO3)C1=O. The first-order valence-corrected chi connectivity index (χ1v) is 6.29.